The van der Waals surface area contributed by atoms with E-state index in [1.165, 1.54) is 6.07 Å². The lowest BCUT2D eigenvalue weighted by Gasteiger charge is -2.26. The third-order valence-electron chi connectivity index (χ3n) is 9.53. The van der Waals surface area contributed by atoms with Crippen molar-refractivity contribution in [3.05, 3.63) is 42.0 Å². The van der Waals surface area contributed by atoms with E-state index in [1.807, 2.05) is 18.2 Å². The van der Waals surface area contributed by atoms with Gasteiger partial charge in [0.25, 0.3) is 0 Å². The summed E-state index contributed by atoms with van der Waals surface area (Å²) in [4.78, 5) is 55.3. The van der Waals surface area contributed by atoms with Gasteiger partial charge < -0.3 is 9.64 Å². The van der Waals surface area contributed by atoms with Crippen LogP contribution in [-0.4, -0.2) is 61.5 Å². The second-order valence-corrected chi connectivity index (χ2v) is 14.9. The summed E-state index contributed by atoms with van der Waals surface area (Å²) in [6.45, 7) is 2.13. The molecule has 43 heavy (non-hydrogen) atoms. The van der Waals surface area contributed by atoms with Crippen LogP contribution in [0.25, 0.3) is 0 Å². The molecule has 1 aromatic carbocycles. The van der Waals surface area contributed by atoms with Gasteiger partial charge in [-0.1, -0.05) is 18.2 Å². The standard InChI is InChI=1S/C31H38N4O7S/c1-30(11-12-30)43(40,41)34-28(38)31-17-21(31)9-5-3-4-6-13-35(2)27(37)25-16-23(15-24(25)26(36)18-31)42-29(39)33-22-10-7-8-20(14-22)19-32/h5,7-10,14,21,23-25H,3-4,6,11-13,15-18H2,1-2H3,(H,33,39)(H,34,38)/b9-5-/t21-,23-,24-,25-,31-/m1/s1. The van der Waals surface area contributed by atoms with E-state index in [2.05, 4.69) is 10.0 Å². The first-order valence-corrected chi connectivity index (χ1v) is 16.3. The Morgan fingerprint density at radius 3 is 2.60 bits per heavy atom. The zero-order valence-electron chi connectivity index (χ0n) is 24.5. The topological polar surface area (TPSA) is 163 Å². The molecule has 11 nitrogen and oxygen atoms in total. The molecule has 1 aromatic rings. The monoisotopic (exact) mass is 610 g/mol. The van der Waals surface area contributed by atoms with E-state index < -0.39 is 50.1 Å². The smallest absolute Gasteiger partial charge is 0.411 e. The molecule has 1 aliphatic heterocycles. The number of nitriles is 1. The molecule has 3 aliphatic carbocycles. The van der Waals surface area contributed by atoms with E-state index in [0.29, 0.717) is 37.1 Å². The number of nitrogens with one attached hydrogen (secondary N) is 2. The quantitative estimate of drug-likeness (QED) is 0.477. The predicted octanol–water partition coefficient (Wildman–Crippen LogP) is 3.66. The molecule has 5 atom stereocenters. The highest BCUT2D eigenvalue weighted by atomic mass is 32.2. The minimum absolute atomic E-state index is 0.114. The molecule has 1 heterocycles. The highest BCUT2D eigenvalue weighted by Gasteiger charge is 2.62. The lowest BCUT2D eigenvalue weighted by atomic mass is 9.84. The van der Waals surface area contributed by atoms with Crippen molar-refractivity contribution in [1.82, 2.24) is 9.62 Å². The first kappa shape index (κ1) is 30.7. The van der Waals surface area contributed by atoms with E-state index in [1.54, 1.807) is 37.1 Å². The summed E-state index contributed by atoms with van der Waals surface area (Å²) in [6.07, 6.45) is 6.12. The predicted molar refractivity (Wildman–Crippen MR) is 157 cm³/mol. The Balaban J connectivity index is 1.35. The molecule has 0 bridgehead atoms. The average molecular weight is 611 g/mol. The maximum Gasteiger partial charge on any atom is 0.411 e. The molecule has 230 valence electrons. The molecule has 5 rings (SSSR count). The number of fused-ring (bicyclic) bond motifs is 2. The Morgan fingerprint density at radius 1 is 1.14 bits per heavy atom. The lowest BCUT2D eigenvalue weighted by molar-refractivity contribution is -0.140. The molecule has 0 aromatic heterocycles. The van der Waals surface area contributed by atoms with Crippen molar-refractivity contribution in [2.45, 2.75) is 75.6 Å². The van der Waals surface area contributed by atoms with Gasteiger partial charge in [0, 0.05) is 31.6 Å². The van der Waals surface area contributed by atoms with Gasteiger partial charge in [-0.2, -0.15) is 5.26 Å². The SMILES string of the molecule is CN1CCCC/C=C\[C@@H]2C[C@@]2(C(=O)NS(=O)(=O)C2(C)CC2)CC(=O)[C@@H]2C[C@@H](OC(=O)Nc3cccc(C#N)c3)C[C@H]2C1=O. The summed E-state index contributed by atoms with van der Waals surface area (Å²) in [5.41, 5.74) is -0.451. The van der Waals surface area contributed by atoms with Crippen molar-refractivity contribution in [2.75, 3.05) is 18.9 Å². The Morgan fingerprint density at radius 2 is 1.88 bits per heavy atom. The Kier molecular flexibility index (Phi) is 8.40. The zero-order chi connectivity index (χ0) is 31.0. The molecule has 0 saturated heterocycles. The number of sulfonamides is 1. The summed E-state index contributed by atoms with van der Waals surface area (Å²) in [6, 6.07) is 8.36. The normalized spacial score (nSPS) is 31.0. The number of rotatable bonds is 5. The van der Waals surface area contributed by atoms with E-state index in [9.17, 15) is 27.6 Å². The van der Waals surface area contributed by atoms with Crippen LogP contribution < -0.4 is 10.0 Å². The zero-order valence-corrected chi connectivity index (χ0v) is 25.3. The molecule has 3 amide bonds. The molecule has 3 saturated carbocycles. The number of allylic oxidation sites excluding steroid dienone is 2. The number of ether oxygens (including phenoxy) is 1. The van der Waals surface area contributed by atoms with E-state index in [0.717, 1.165) is 19.3 Å². The lowest BCUT2D eigenvalue weighted by Crippen LogP contribution is -2.44. The van der Waals surface area contributed by atoms with Gasteiger partial charge in [0.2, 0.25) is 21.8 Å². The number of nitrogens with zero attached hydrogens (tertiary/aromatic N) is 2. The number of anilines is 1. The van der Waals surface area contributed by atoms with Crippen molar-refractivity contribution in [3.8, 4) is 6.07 Å². The van der Waals surface area contributed by atoms with Crippen LogP contribution in [0.4, 0.5) is 10.5 Å². The summed E-state index contributed by atoms with van der Waals surface area (Å²) < 4.78 is 32.7. The van der Waals surface area contributed by atoms with Crippen LogP contribution in [-0.2, 0) is 29.1 Å². The van der Waals surface area contributed by atoms with Gasteiger partial charge in [-0.3, -0.25) is 24.4 Å². The fraction of sp³-hybridized carbons (Fsp3) is 0.581. The number of hydrogen-bond acceptors (Lipinski definition) is 8. The fourth-order valence-electron chi connectivity index (χ4n) is 6.31. The van der Waals surface area contributed by atoms with Crippen molar-refractivity contribution < 1.29 is 32.3 Å². The molecule has 2 N–H and O–H groups in total. The summed E-state index contributed by atoms with van der Waals surface area (Å²) in [5.74, 6) is -2.98. The first-order chi connectivity index (χ1) is 20.4. The molecular formula is C31H38N4O7S. The van der Waals surface area contributed by atoms with Crippen molar-refractivity contribution >= 4 is 39.4 Å². The maximum atomic E-state index is 13.9. The second kappa shape index (κ2) is 11.8. The van der Waals surface area contributed by atoms with Gasteiger partial charge in [0.15, 0.2) is 0 Å². The van der Waals surface area contributed by atoms with Gasteiger partial charge in [-0.25, -0.2) is 13.2 Å². The number of hydrogen-bond donors (Lipinski definition) is 2. The van der Waals surface area contributed by atoms with Crippen LogP contribution in [0.3, 0.4) is 0 Å². The minimum Gasteiger partial charge on any atom is -0.446 e. The Bertz CT molecular complexity index is 1500. The average Bonchev–Trinajstić information content (AvgIpc) is 3.84. The summed E-state index contributed by atoms with van der Waals surface area (Å²) >= 11 is 0. The van der Waals surface area contributed by atoms with Gasteiger partial charge >= 0.3 is 6.09 Å². The van der Waals surface area contributed by atoms with Crippen LogP contribution in [0.2, 0.25) is 0 Å². The highest BCUT2D eigenvalue weighted by molar-refractivity contribution is 7.91. The van der Waals surface area contributed by atoms with Crippen molar-refractivity contribution in [2.24, 2.45) is 23.2 Å². The number of Topliss-reactive ketones (excluding diaryl/α,β-unsaturated/α-hetero) is 1. The molecular weight excluding hydrogens is 572 g/mol. The van der Waals surface area contributed by atoms with Crippen LogP contribution in [0.5, 0.6) is 0 Å². The molecule has 3 fully saturated rings. The van der Waals surface area contributed by atoms with Gasteiger partial charge in [0.05, 0.1) is 27.7 Å². The summed E-state index contributed by atoms with van der Waals surface area (Å²) in [7, 11) is -2.19. The minimum atomic E-state index is -3.89. The maximum absolute atomic E-state index is 13.9. The van der Waals surface area contributed by atoms with E-state index >= 15 is 0 Å². The molecule has 12 heteroatoms. The van der Waals surface area contributed by atoms with Crippen LogP contribution in [0, 0.1) is 34.5 Å². The van der Waals surface area contributed by atoms with E-state index in [-0.39, 0.29) is 36.9 Å². The van der Waals surface area contributed by atoms with Crippen LogP contribution in [0.1, 0.15) is 70.3 Å². The van der Waals surface area contributed by atoms with Crippen molar-refractivity contribution in [1.29, 1.82) is 5.26 Å². The first-order valence-electron chi connectivity index (χ1n) is 14.9. The molecule has 0 radical (unpaired) electrons. The third kappa shape index (κ3) is 6.47. The third-order valence-corrected chi connectivity index (χ3v) is 11.7. The Hall–Kier alpha value is -3.72. The van der Waals surface area contributed by atoms with Gasteiger partial charge in [-0.05, 0) is 82.4 Å². The number of carbonyl (C=O) groups excluding carboxylic acids is 4. The fourth-order valence-corrected chi connectivity index (χ4v) is 7.64. The summed E-state index contributed by atoms with van der Waals surface area (Å²) in [5, 5.41) is 11.7. The highest BCUT2D eigenvalue weighted by Crippen LogP contribution is 2.58. The molecule has 0 spiro atoms. The van der Waals surface area contributed by atoms with E-state index in [4.69, 9.17) is 10.00 Å². The van der Waals surface area contributed by atoms with Crippen LogP contribution in [0.15, 0.2) is 36.4 Å². The number of ketones is 1. The largest absolute Gasteiger partial charge is 0.446 e. The number of carbonyl (C=O) groups is 4. The van der Waals surface area contributed by atoms with Crippen molar-refractivity contribution in [3.63, 3.8) is 0 Å². The Labute approximate surface area is 252 Å². The number of amides is 3. The van der Waals surface area contributed by atoms with Crippen LogP contribution >= 0.6 is 0 Å². The molecule has 0 unspecified atom stereocenters. The van der Waals surface area contributed by atoms with Gasteiger partial charge in [0.1, 0.15) is 11.9 Å². The van der Waals surface area contributed by atoms with Gasteiger partial charge in [-0.15, -0.1) is 0 Å². The molecule has 4 aliphatic rings. The number of benzene rings is 1. The second-order valence-electron chi connectivity index (χ2n) is 12.7.